The molecule has 2 amide bonds. The fraction of sp³-hybridized carbons (Fsp3) is 0.714. The molecule has 1 aromatic carbocycles. The normalized spacial score (nSPS) is 15.4. The lowest BCUT2D eigenvalue weighted by molar-refractivity contribution is -0.0170. The van der Waals surface area contributed by atoms with Crippen LogP contribution < -0.4 is 5.32 Å². The molecule has 0 aromatic heterocycles. The number of benzene rings is 1. The van der Waals surface area contributed by atoms with Crippen LogP contribution in [0.1, 0.15) is 223 Å². The second-order valence-electron chi connectivity index (χ2n) is 18.8. The average Bonchev–Trinajstić information content (AvgIpc) is 3.27. The number of hydrogen-bond acceptors (Lipinski definition) is 5. The van der Waals surface area contributed by atoms with E-state index in [9.17, 15) is 9.59 Å². The summed E-state index contributed by atoms with van der Waals surface area (Å²) in [6.45, 7) is 13.7. The van der Waals surface area contributed by atoms with E-state index in [0.717, 1.165) is 50.5 Å². The average molecular weight is 875 g/mol. The number of likely N-dealkylation sites (tertiary alicyclic amines) is 1. The summed E-state index contributed by atoms with van der Waals surface area (Å²) >= 11 is 0. The van der Waals surface area contributed by atoms with Crippen LogP contribution in [0.2, 0.25) is 0 Å². The van der Waals surface area contributed by atoms with E-state index in [1.807, 2.05) is 45.0 Å². The fourth-order valence-electron chi connectivity index (χ4n) is 8.00. The maximum absolute atomic E-state index is 13.8. The third-order valence-corrected chi connectivity index (χ3v) is 11.7. The van der Waals surface area contributed by atoms with Crippen LogP contribution in [0.5, 0.6) is 0 Å². The van der Waals surface area contributed by atoms with E-state index in [2.05, 4.69) is 67.8 Å². The monoisotopic (exact) mass is 875 g/mol. The standard InChI is InChI=1S/C56H94N2O5/c1-6-8-10-12-14-16-18-20-22-24-26-28-30-32-34-38-45-61-49-51(62-46-39-35-33-31-29-27-25-23-21-19-17-15-13-11-9-7-2)47-57-54(59)53-43-37-36-42-52(53)50-41-40-44-58(48-50)55(60)63-56(3,4)5/h14-17,20-23,36-37,42-43,50-51H,6-13,18-19,24-35,38-41,44-49H2,1-5H3,(H,57,59)/b16-14-,17-15-,22-20-,23-21-. The van der Waals surface area contributed by atoms with Crippen LogP contribution in [0.3, 0.4) is 0 Å². The summed E-state index contributed by atoms with van der Waals surface area (Å²) in [5, 5.41) is 3.19. The Morgan fingerprint density at radius 1 is 0.683 bits per heavy atom. The van der Waals surface area contributed by atoms with Gasteiger partial charge in [-0.3, -0.25) is 4.79 Å². The van der Waals surface area contributed by atoms with Crippen LogP contribution in [-0.4, -0.2) is 68.1 Å². The van der Waals surface area contributed by atoms with Crippen molar-refractivity contribution in [1.29, 1.82) is 0 Å². The Morgan fingerprint density at radius 2 is 1.19 bits per heavy atom. The van der Waals surface area contributed by atoms with E-state index in [-0.39, 0.29) is 24.0 Å². The van der Waals surface area contributed by atoms with E-state index in [1.165, 1.54) is 122 Å². The molecule has 2 rings (SSSR count). The molecule has 0 saturated carbocycles. The van der Waals surface area contributed by atoms with Crippen LogP contribution in [0.15, 0.2) is 72.9 Å². The van der Waals surface area contributed by atoms with Gasteiger partial charge in [-0.25, -0.2) is 4.79 Å². The van der Waals surface area contributed by atoms with Crippen LogP contribution in [0, 0.1) is 0 Å². The van der Waals surface area contributed by atoms with Crippen molar-refractivity contribution in [3.8, 4) is 0 Å². The number of carbonyl (C=O) groups excluding carboxylic acids is 2. The Kier molecular flexibility index (Phi) is 33.9. The topological polar surface area (TPSA) is 77.1 Å². The minimum absolute atomic E-state index is 0.0709. The summed E-state index contributed by atoms with van der Waals surface area (Å²) in [4.78, 5) is 28.5. The quantitative estimate of drug-likeness (QED) is 0.0532. The minimum Gasteiger partial charge on any atom is -0.444 e. The molecule has 2 atom stereocenters. The highest BCUT2D eigenvalue weighted by atomic mass is 16.6. The molecule has 1 aromatic rings. The van der Waals surface area contributed by atoms with Crippen molar-refractivity contribution >= 4 is 12.0 Å². The summed E-state index contributed by atoms with van der Waals surface area (Å²) in [5.41, 5.74) is 1.10. The smallest absolute Gasteiger partial charge is 0.410 e. The molecule has 1 aliphatic heterocycles. The van der Waals surface area contributed by atoms with E-state index < -0.39 is 5.60 Å². The molecular formula is C56H94N2O5. The van der Waals surface area contributed by atoms with Gasteiger partial charge in [0.1, 0.15) is 5.60 Å². The van der Waals surface area contributed by atoms with Crippen molar-refractivity contribution in [1.82, 2.24) is 10.2 Å². The van der Waals surface area contributed by atoms with Gasteiger partial charge in [-0.2, -0.15) is 0 Å². The van der Waals surface area contributed by atoms with Gasteiger partial charge in [0.25, 0.3) is 5.91 Å². The fourth-order valence-corrected chi connectivity index (χ4v) is 8.00. The lowest BCUT2D eigenvalue weighted by Crippen LogP contribution is -2.42. The molecule has 0 aliphatic carbocycles. The Morgan fingerprint density at radius 3 is 1.75 bits per heavy atom. The van der Waals surface area contributed by atoms with Gasteiger partial charge in [-0.15, -0.1) is 0 Å². The summed E-state index contributed by atoms with van der Waals surface area (Å²) in [6, 6.07) is 7.84. The van der Waals surface area contributed by atoms with Gasteiger partial charge < -0.3 is 24.4 Å². The number of piperidine rings is 1. The van der Waals surface area contributed by atoms with E-state index in [4.69, 9.17) is 14.2 Å². The highest BCUT2D eigenvalue weighted by molar-refractivity contribution is 5.96. The van der Waals surface area contributed by atoms with Gasteiger partial charge in [-0.05, 0) is 122 Å². The van der Waals surface area contributed by atoms with Crippen LogP contribution >= 0.6 is 0 Å². The Labute approximate surface area is 387 Å². The first-order valence-electron chi connectivity index (χ1n) is 25.9. The maximum Gasteiger partial charge on any atom is 0.410 e. The first-order chi connectivity index (χ1) is 30.7. The maximum atomic E-state index is 13.8. The summed E-state index contributed by atoms with van der Waals surface area (Å²) in [6.07, 6.45) is 49.1. The molecule has 0 bridgehead atoms. The number of allylic oxidation sites excluding steroid dienone is 8. The molecule has 358 valence electrons. The Bertz CT molecular complexity index is 1390. The van der Waals surface area contributed by atoms with Crippen LogP contribution in [0.4, 0.5) is 4.79 Å². The van der Waals surface area contributed by atoms with Crippen molar-refractivity contribution in [2.45, 2.75) is 219 Å². The predicted octanol–water partition coefficient (Wildman–Crippen LogP) is 15.6. The van der Waals surface area contributed by atoms with Crippen LogP contribution in [0.25, 0.3) is 0 Å². The van der Waals surface area contributed by atoms with Gasteiger partial charge in [0.15, 0.2) is 0 Å². The van der Waals surface area contributed by atoms with Gasteiger partial charge in [0, 0.05) is 44.3 Å². The lowest BCUT2D eigenvalue weighted by Gasteiger charge is -2.35. The molecule has 1 fully saturated rings. The SMILES string of the molecule is CCCCC/C=C\C/C=C\CCCCCCCCOCC(CNC(=O)c1ccccc1C1CCCN(C(=O)OC(C)(C)C)C1)OCCCCCCCC/C=C\C/C=C\CCCCC. The lowest BCUT2D eigenvalue weighted by atomic mass is 9.87. The Hall–Kier alpha value is -3.16. The number of nitrogens with one attached hydrogen (secondary N) is 1. The number of carbonyl (C=O) groups is 2. The number of amides is 2. The zero-order valence-corrected chi connectivity index (χ0v) is 41.2. The van der Waals surface area contributed by atoms with Crippen molar-refractivity contribution < 1.29 is 23.8 Å². The van der Waals surface area contributed by atoms with E-state index in [0.29, 0.717) is 45.0 Å². The number of rotatable bonds is 37. The van der Waals surface area contributed by atoms with Crippen molar-refractivity contribution in [2.75, 3.05) is 39.5 Å². The second-order valence-corrected chi connectivity index (χ2v) is 18.8. The molecule has 7 nitrogen and oxygen atoms in total. The van der Waals surface area contributed by atoms with Gasteiger partial charge in [-0.1, -0.05) is 158 Å². The molecular weight excluding hydrogens is 781 g/mol. The number of nitrogens with zero attached hydrogens (tertiary/aromatic N) is 1. The highest BCUT2D eigenvalue weighted by Crippen LogP contribution is 2.30. The van der Waals surface area contributed by atoms with Gasteiger partial charge in [0.05, 0.1) is 12.7 Å². The van der Waals surface area contributed by atoms with E-state index >= 15 is 0 Å². The molecule has 2 unspecified atom stereocenters. The number of ether oxygens (including phenoxy) is 3. The Balaban J connectivity index is 1.76. The third kappa shape index (κ3) is 30.6. The van der Waals surface area contributed by atoms with Crippen molar-refractivity contribution in [3.05, 3.63) is 84.0 Å². The van der Waals surface area contributed by atoms with E-state index in [1.54, 1.807) is 4.90 Å². The summed E-state index contributed by atoms with van der Waals surface area (Å²) in [7, 11) is 0. The molecule has 1 N–H and O–H groups in total. The van der Waals surface area contributed by atoms with Crippen LogP contribution in [-0.2, 0) is 14.2 Å². The van der Waals surface area contributed by atoms with Crippen molar-refractivity contribution in [2.24, 2.45) is 0 Å². The molecule has 63 heavy (non-hydrogen) atoms. The molecule has 1 heterocycles. The summed E-state index contributed by atoms with van der Waals surface area (Å²) < 4.78 is 18.2. The molecule has 1 aliphatic rings. The highest BCUT2D eigenvalue weighted by Gasteiger charge is 2.30. The molecule has 0 spiro atoms. The largest absolute Gasteiger partial charge is 0.444 e. The zero-order chi connectivity index (χ0) is 45.5. The first-order valence-corrected chi connectivity index (χ1v) is 25.9. The molecule has 7 heteroatoms. The van der Waals surface area contributed by atoms with Gasteiger partial charge >= 0.3 is 6.09 Å². The zero-order valence-electron chi connectivity index (χ0n) is 41.2. The van der Waals surface area contributed by atoms with Crippen molar-refractivity contribution in [3.63, 3.8) is 0 Å². The predicted molar refractivity (Wildman–Crippen MR) is 268 cm³/mol. The molecule has 1 saturated heterocycles. The summed E-state index contributed by atoms with van der Waals surface area (Å²) in [5.74, 6) is -0.0333. The van der Waals surface area contributed by atoms with Gasteiger partial charge in [0.2, 0.25) is 0 Å². The number of hydrogen-bond donors (Lipinski definition) is 1. The second kappa shape index (κ2) is 38.1. The minimum atomic E-state index is -0.547. The number of unbranched alkanes of at least 4 members (excludes halogenated alkanes) is 18. The third-order valence-electron chi connectivity index (χ3n) is 11.7. The molecule has 0 radical (unpaired) electrons. The first kappa shape index (κ1) is 56.0.